The number of ketones is 1. The topological polar surface area (TPSA) is 49.3 Å². The first-order valence-corrected chi connectivity index (χ1v) is 8.17. The summed E-state index contributed by atoms with van der Waals surface area (Å²) in [5.41, 5.74) is 1.88. The van der Waals surface area contributed by atoms with E-state index in [0.717, 1.165) is 17.7 Å². The minimum Gasteiger partial charge on any atom is -0.508 e. The number of benzene rings is 1. The van der Waals surface area contributed by atoms with Gasteiger partial charge in [0.1, 0.15) is 5.75 Å². The first kappa shape index (κ1) is 22.5. The van der Waals surface area contributed by atoms with Gasteiger partial charge in [0.2, 0.25) is 0 Å². The number of aromatic hydroxyl groups is 1. The molecule has 0 bridgehead atoms. The van der Waals surface area contributed by atoms with Gasteiger partial charge < -0.3 is 10.4 Å². The van der Waals surface area contributed by atoms with Crippen LogP contribution in [0, 0.1) is 0 Å². The lowest BCUT2D eigenvalue weighted by atomic mass is 10.0. The summed E-state index contributed by atoms with van der Waals surface area (Å²) >= 11 is 0. The Labute approximate surface area is 136 Å². The molecule has 3 heteroatoms. The molecule has 0 saturated heterocycles. The zero-order valence-electron chi connectivity index (χ0n) is 15.1. The SMILES string of the molecule is C=C(CC)N[C@@H](Cc1ccc(O)cc1)C(C)=O.CC.CCC. The zero-order chi connectivity index (χ0) is 17.5. The summed E-state index contributed by atoms with van der Waals surface area (Å²) in [4.78, 5) is 11.5. The van der Waals surface area contributed by atoms with E-state index in [9.17, 15) is 9.90 Å². The van der Waals surface area contributed by atoms with Crippen LogP contribution in [0.5, 0.6) is 5.75 Å². The lowest BCUT2D eigenvalue weighted by Gasteiger charge is -2.18. The molecule has 0 spiro atoms. The minimum absolute atomic E-state index is 0.0904. The van der Waals surface area contributed by atoms with Crippen LogP contribution >= 0.6 is 0 Å². The van der Waals surface area contributed by atoms with Gasteiger partial charge in [-0.15, -0.1) is 0 Å². The predicted octanol–water partition coefficient (Wildman–Crippen LogP) is 4.85. The highest BCUT2D eigenvalue weighted by molar-refractivity contribution is 5.82. The molecule has 0 radical (unpaired) electrons. The Bertz CT molecular complexity index is 410. The number of nitrogens with one attached hydrogen (secondary N) is 1. The zero-order valence-corrected chi connectivity index (χ0v) is 15.1. The fourth-order valence-electron chi connectivity index (χ4n) is 1.51. The van der Waals surface area contributed by atoms with Crippen molar-refractivity contribution in [2.24, 2.45) is 0 Å². The van der Waals surface area contributed by atoms with Gasteiger partial charge in [-0.05, 0) is 37.5 Å². The van der Waals surface area contributed by atoms with Crippen LogP contribution in [-0.2, 0) is 11.2 Å². The second-order valence-electron chi connectivity index (χ2n) is 4.84. The van der Waals surface area contributed by atoms with Gasteiger partial charge >= 0.3 is 0 Å². The molecule has 22 heavy (non-hydrogen) atoms. The Balaban J connectivity index is 0. The molecule has 1 aromatic rings. The van der Waals surface area contributed by atoms with E-state index >= 15 is 0 Å². The van der Waals surface area contributed by atoms with Crippen LogP contribution in [0.2, 0.25) is 0 Å². The molecule has 0 saturated carbocycles. The van der Waals surface area contributed by atoms with Crippen molar-refractivity contribution < 1.29 is 9.90 Å². The van der Waals surface area contributed by atoms with Crippen molar-refractivity contribution in [2.75, 3.05) is 0 Å². The molecular formula is C19H33NO2. The second-order valence-corrected chi connectivity index (χ2v) is 4.84. The summed E-state index contributed by atoms with van der Waals surface area (Å²) < 4.78 is 0. The van der Waals surface area contributed by atoms with Crippen molar-refractivity contribution in [1.82, 2.24) is 5.32 Å². The highest BCUT2D eigenvalue weighted by atomic mass is 16.3. The van der Waals surface area contributed by atoms with Crippen molar-refractivity contribution in [3.8, 4) is 5.75 Å². The van der Waals surface area contributed by atoms with Crippen LogP contribution in [-0.4, -0.2) is 16.9 Å². The van der Waals surface area contributed by atoms with E-state index in [0.29, 0.717) is 6.42 Å². The molecule has 0 aliphatic rings. The first-order chi connectivity index (χ1) is 10.4. The van der Waals surface area contributed by atoms with E-state index in [-0.39, 0.29) is 17.6 Å². The Morgan fingerprint density at radius 2 is 1.64 bits per heavy atom. The number of allylic oxidation sites excluding steroid dienone is 1. The molecule has 0 aliphatic carbocycles. The molecule has 0 unspecified atom stereocenters. The average Bonchev–Trinajstić information content (AvgIpc) is 2.51. The van der Waals surface area contributed by atoms with Crippen LogP contribution in [0.3, 0.4) is 0 Å². The molecular weight excluding hydrogens is 274 g/mol. The van der Waals surface area contributed by atoms with Gasteiger partial charge in [0, 0.05) is 5.70 Å². The Morgan fingerprint density at radius 1 is 1.18 bits per heavy atom. The van der Waals surface area contributed by atoms with Crippen LogP contribution in [0.4, 0.5) is 0 Å². The molecule has 126 valence electrons. The summed E-state index contributed by atoms with van der Waals surface area (Å²) in [5, 5.41) is 12.3. The molecule has 0 amide bonds. The molecule has 0 heterocycles. The number of carbonyl (C=O) groups excluding carboxylic acids is 1. The van der Waals surface area contributed by atoms with Crippen molar-refractivity contribution in [1.29, 1.82) is 0 Å². The van der Waals surface area contributed by atoms with Crippen LogP contribution in [0.15, 0.2) is 36.5 Å². The van der Waals surface area contributed by atoms with Crippen LogP contribution in [0.1, 0.15) is 59.9 Å². The number of phenolic OH excluding ortho intramolecular Hbond substituents is 1. The van der Waals surface area contributed by atoms with Gasteiger partial charge in [-0.1, -0.05) is 59.8 Å². The van der Waals surface area contributed by atoms with E-state index in [1.54, 1.807) is 19.1 Å². The third kappa shape index (κ3) is 11.0. The van der Waals surface area contributed by atoms with Crippen LogP contribution in [0.25, 0.3) is 0 Å². The number of carbonyl (C=O) groups is 1. The Morgan fingerprint density at radius 3 is 2.00 bits per heavy atom. The van der Waals surface area contributed by atoms with Crippen LogP contribution < -0.4 is 5.32 Å². The standard InChI is InChI=1S/C14H19NO2.C3H8.C2H6/c1-4-10(2)15-14(11(3)16)9-12-5-7-13(17)8-6-12;1-3-2;1-2/h5-8,14-15,17H,2,4,9H2,1,3H3;3H2,1-2H3;1-2H3/t14-;;/m0../s1. The van der Waals surface area contributed by atoms with Gasteiger partial charge in [0.05, 0.1) is 6.04 Å². The van der Waals surface area contributed by atoms with E-state index in [1.807, 2.05) is 32.9 Å². The summed E-state index contributed by atoms with van der Waals surface area (Å²) in [7, 11) is 0. The molecule has 1 rings (SSSR count). The van der Waals surface area contributed by atoms with Crippen molar-refractivity contribution in [2.45, 2.75) is 66.8 Å². The van der Waals surface area contributed by atoms with Crippen molar-refractivity contribution in [3.05, 3.63) is 42.1 Å². The Kier molecular flexibility index (Phi) is 14.5. The minimum atomic E-state index is -0.244. The second kappa shape index (κ2) is 14.2. The van der Waals surface area contributed by atoms with Crippen molar-refractivity contribution in [3.63, 3.8) is 0 Å². The van der Waals surface area contributed by atoms with Gasteiger partial charge in [0.25, 0.3) is 0 Å². The Hall–Kier alpha value is -1.77. The first-order valence-electron chi connectivity index (χ1n) is 8.17. The lowest BCUT2D eigenvalue weighted by Crippen LogP contribution is -2.36. The quantitative estimate of drug-likeness (QED) is 0.790. The third-order valence-electron chi connectivity index (χ3n) is 2.67. The maximum absolute atomic E-state index is 11.5. The molecule has 2 N–H and O–H groups in total. The fraction of sp³-hybridized carbons (Fsp3) is 0.526. The fourth-order valence-corrected chi connectivity index (χ4v) is 1.51. The lowest BCUT2D eigenvalue weighted by molar-refractivity contribution is -0.118. The van der Waals surface area contributed by atoms with Gasteiger partial charge in [-0.2, -0.15) is 0 Å². The highest BCUT2D eigenvalue weighted by Gasteiger charge is 2.14. The maximum Gasteiger partial charge on any atom is 0.152 e. The molecule has 0 aliphatic heterocycles. The number of Topliss-reactive ketones (excluding diaryl/α,β-unsaturated/α-hetero) is 1. The van der Waals surface area contributed by atoms with E-state index in [4.69, 9.17) is 0 Å². The molecule has 1 aromatic carbocycles. The summed E-state index contributed by atoms with van der Waals surface area (Å²) in [6.45, 7) is 15.7. The maximum atomic E-state index is 11.5. The average molecular weight is 307 g/mol. The number of rotatable bonds is 6. The van der Waals surface area contributed by atoms with Gasteiger partial charge in [0.15, 0.2) is 5.78 Å². The van der Waals surface area contributed by atoms with Gasteiger partial charge in [-0.25, -0.2) is 0 Å². The molecule has 1 atom stereocenters. The summed E-state index contributed by atoms with van der Waals surface area (Å²) in [6.07, 6.45) is 2.66. The monoisotopic (exact) mass is 307 g/mol. The number of phenols is 1. The molecule has 3 nitrogen and oxygen atoms in total. The number of hydrogen-bond donors (Lipinski definition) is 2. The normalized spacial score (nSPS) is 10.3. The predicted molar refractivity (Wildman–Crippen MR) is 96.2 cm³/mol. The third-order valence-corrected chi connectivity index (χ3v) is 2.67. The van der Waals surface area contributed by atoms with E-state index in [2.05, 4.69) is 25.7 Å². The van der Waals surface area contributed by atoms with Gasteiger partial charge in [-0.3, -0.25) is 4.79 Å². The largest absolute Gasteiger partial charge is 0.508 e. The summed E-state index contributed by atoms with van der Waals surface area (Å²) in [5.74, 6) is 0.326. The van der Waals surface area contributed by atoms with E-state index < -0.39 is 0 Å². The highest BCUT2D eigenvalue weighted by Crippen LogP contribution is 2.12. The smallest absolute Gasteiger partial charge is 0.152 e. The molecule has 0 fully saturated rings. The number of hydrogen-bond acceptors (Lipinski definition) is 3. The van der Waals surface area contributed by atoms with Crippen molar-refractivity contribution >= 4 is 5.78 Å². The molecule has 0 aromatic heterocycles. The van der Waals surface area contributed by atoms with E-state index in [1.165, 1.54) is 6.42 Å². The summed E-state index contributed by atoms with van der Waals surface area (Å²) in [6, 6.07) is 6.65.